The standard InChI is InChI=1S/C18H22F3N3O/c1-5-12(3)13-7-9-14(10-8-13)24(4)16-15(18(19,20)21)11-22-17(23-16)25-6-2/h7-12H,5-6H2,1-4H3. The maximum Gasteiger partial charge on any atom is 0.421 e. The molecule has 0 N–H and O–H groups in total. The molecular weight excluding hydrogens is 331 g/mol. The van der Waals surface area contributed by atoms with Gasteiger partial charge in [-0.25, -0.2) is 4.98 Å². The first-order valence-electron chi connectivity index (χ1n) is 8.18. The first-order chi connectivity index (χ1) is 11.8. The number of aromatic nitrogens is 2. The summed E-state index contributed by atoms with van der Waals surface area (Å²) in [6.07, 6.45) is -2.79. The molecule has 1 aromatic carbocycles. The lowest BCUT2D eigenvalue weighted by Gasteiger charge is -2.23. The number of hydrogen-bond acceptors (Lipinski definition) is 4. The number of ether oxygens (including phenoxy) is 1. The topological polar surface area (TPSA) is 38.2 Å². The van der Waals surface area contributed by atoms with Crippen LogP contribution in [0.1, 0.15) is 44.2 Å². The molecule has 0 aliphatic heterocycles. The van der Waals surface area contributed by atoms with Gasteiger partial charge in [-0.05, 0) is 37.0 Å². The Morgan fingerprint density at radius 2 is 1.80 bits per heavy atom. The van der Waals surface area contributed by atoms with Crippen LogP contribution in [0, 0.1) is 0 Å². The molecular formula is C18H22F3N3O. The van der Waals surface area contributed by atoms with Crippen LogP contribution in [0.2, 0.25) is 0 Å². The third-order valence-corrected chi connectivity index (χ3v) is 4.10. The normalized spacial score (nSPS) is 12.8. The van der Waals surface area contributed by atoms with E-state index in [4.69, 9.17) is 4.74 Å². The predicted octanol–water partition coefficient (Wildman–Crippen LogP) is 5.18. The molecule has 0 aliphatic rings. The van der Waals surface area contributed by atoms with Gasteiger partial charge in [-0.1, -0.05) is 26.0 Å². The lowest BCUT2D eigenvalue weighted by molar-refractivity contribution is -0.137. The maximum atomic E-state index is 13.3. The van der Waals surface area contributed by atoms with E-state index in [1.165, 1.54) is 4.90 Å². The van der Waals surface area contributed by atoms with Crippen molar-refractivity contribution < 1.29 is 17.9 Å². The third kappa shape index (κ3) is 4.41. The monoisotopic (exact) mass is 353 g/mol. The van der Waals surface area contributed by atoms with Crippen molar-refractivity contribution in [2.45, 2.75) is 39.3 Å². The zero-order chi connectivity index (χ0) is 18.6. The maximum absolute atomic E-state index is 13.3. The Labute approximate surface area is 145 Å². The summed E-state index contributed by atoms with van der Waals surface area (Å²) >= 11 is 0. The van der Waals surface area contributed by atoms with Crippen LogP contribution in [0.5, 0.6) is 6.01 Å². The van der Waals surface area contributed by atoms with Gasteiger partial charge in [0.15, 0.2) is 5.82 Å². The van der Waals surface area contributed by atoms with Crippen molar-refractivity contribution in [3.63, 3.8) is 0 Å². The molecule has 1 unspecified atom stereocenters. The number of alkyl halides is 3. The number of halogens is 3. The zero-order valence-electron chi connectivity index (χ0n) is 14.8. The van der Waals surface area contributed by atoms with E-state index in [-0.39, 0.29) is 18.4 Å². The number of nitrogens with zero attached hydrogens (tertiary/aromatic N) is 3. The van der Waals surface area contributed by atoms with Crippen LogP contribution in [-0.2, 0) is 6.18 Å². The van der Waals surface area contributed by atoms with Gasteiger partial charge in [0.25, 0.3) is 0 Å². The second kappa shape index (κ2) is 7.72. The highest BCUT2D eigenvalue weighted by Gasteiger charge is 2.36. The van der Waals surface area contributed by atoms with Crippen molar-refractivity contribution in [3.05, 3.63) is 41.6 Å². The van der Waals surface area contributed by atoms with Crippen LogP contribution in [0.4, 0.5) is 24.7 Å². The molecule has 0 spiro atoms. The second-order valence-electron chi connectivity index (χ2n) is 5.78. The van der Waals surface area contributed by atoms with Crippen molar-refractivity contribution in [2.24, 2.45) is 0 Å². The van der Waals surface area contributed by atoms with E-state index in [1.54, 1.807) is 26.1 Å². The number of hydrogen-bond donors (Lipinski definition) is 0. The van der Waals surface area contributed by atoms with E-state index in [0.29, 0.717) is 11.6 Å². The largest absolute Gasteiger partial charge is 0.464 e. The summed E-state index contributed by atoms with van der Waals surface area (Å²) in [6, 6.07) is 7.37. The minimum absolute atomic E-state index is 0.0754. The summed E-state index contributed by atoms with van der Waals surface area (Å²) in [5.74, 6) is 0.163. The predicted molar refractivity (Wildman–Crippen MR) is 91.4 cm³/mol. The number of rotatable bonds is 6. The van der Waals surface area contributed by atoms with E-state index >= 15 is 0 Å². The molecule has 25 heavy (non-hydrogen) atoms. The molecule has 0 fully saturated rings. The smallest absolute Gasteiger partial charge is 0.421 e. The minimum atomic E-state index is -4.55. The van der Waals surface area contributed by atoms with E-state index in [1.807, 2.05) is 12.1 Å². The number of anilines is 2. The van der Waals surface area contributed by atoms with Crippen LogP contribution in [0.15, 0.2) is 30.5 Å². The summed E-state index contributed by atoms with van der Waals surface area (Å²) in [7, 11) is 1.55. The Morgan fingerprint density at radius 3 is 2.32 bits per heavy atom. The highest BCUT2D eigenvalue weighted by Crippen LogP contribution is 2.37. The van der Waals surface area contributed by atoms with Gasteiger partial charge in [-0.2, -0.15) is 18.2 Å². The van der Waals surface area contributed by atoms with E-state index in [9.17, 15) is 13.2 Å². The fourth-order valence-electron chi connectivity index (χ4n) is 2.40. The SMILES string of the molecule is CCOc1ncc(C(F)(F)F)c(N(C)c2ccc(C(C)CC)cc2)n1. The Balaban J connectivity index is 2.42. The molecule has 0 saturated heterocycles. The molecule has 1 heterocycles. The van der Waals surface area contributed by atoms with Crippen molar-refractivity contribution in [3.8, 4) is 6.01 Å². The Bertz CT molecular complexity index is 702. The molecule has 2 rings (SSSR count). The molecule has 0 bridgehead atoms. The highest BCUT2D eigenvalue weighted by molar-refractivity contribution is 5.63. The van der Waals surface area contributed by atoms with Crippen LogP contribution in [-0.4, -0.2) is 23.6 Å². The van der Waals surface area contributed by atoms with Crippen LogP contribution < -0.4 is 9.64 Å². The van der Waals surface area contributed by atoms with Crippen molar-refractivity contribution >= 4 is 11.5 Å². The van der Waals surface area contributed by atoms with Crippen LogP contribution in [0.3, 0.4) is 0 Å². The van der Waals surface area contributed by atoms with Gasteiger partial charge < -0.3 is 9.64 Å². The van der Waals surface area contributed by atoms with Crippen molar-refractivity contribution in [2.75, 3.05) is 18.6 Å². The van der Waals surface area contributed by atoms with Gasteiger partial charge in [0.1, 0.15) is 5.56 Å². The molecule has 2 aromatic rings. The fraction of sp³-hybridized carbons (Fsp3) is 0.444. The molecule has 1 aromatic heterocycles. The molecule has 0 radical (unpaired) electrons. The van der Waals surface area contributed by atoms with Gasteiger partial charge in [0.05, 0.1) is 6.61 Å². The molecule has 4 nitrogen and oxygen atoms in total. The average Bonchev–Trinajstić information content (AvgIpc) is 2.60. The fourth-order valence-corrected chi connectivity index (χ4v) is 2.40. The molecule has 0 amide bonds. The Hall–Kier alpha value is -2.31. The molecule has 0 aliphatic carbocycles. The van der Waals surface area contributed by atoms with Crippen molar-refractivity contribution in [1.29, 1.82) is 0 Å². The van der Waals surface area contributed by atoms with Gasteiger partial charge in [-0.3, -0.25) is 0 Å². The van der Waals surface area contributed by atoms with E-state index < -0.39 is 11.7 Å². The molecule has 0 saturated carbocycles. The summed E-state index contributed by atoms with van der Waals surface area (Å²) in [5, 5.41) is 0. The lowest BCUT2D eigenvalue weighted by atomic mass is 9.98. The van der Waals surface area contributed by atoms with Crippen molar-refractivity contribution in [1.82, 2.24) is 9.97 Å². The second-order valence-corrected chi connectivity index (χ2v) is 5.78. The summed E-state index contributed by atoms with van der Waals surface area (Å²) in [5.41, 5.74) is 0.858. The summed E-state index contributed by atoms with van der Waals surface area (Å²) in [6.45, 7) is 6.20. The van der Waals surface area contributed by atoms with Gasteiger partial charge in [0.2, 0.25) is 0 Å². The highest BCUT2D eigenvalue weighted by atomic mass is 19.4. The third-order valence-electron chi connectivity index (χ3n) is 4.10. The van der Waals surface area contributed by atoms with Crippen LogP contribution in [0.25, 0.3) is 0 Å². The lowest BCUT2D eigenvalue weighted by Crippen LogP contribution is -2.19. The number of benzene rings is 1. The molecule has 136 valence electrons. The summed E-state index contributed by atoms with van der Waals surface area (Å²) in [4.78, 5) is 8.99. The summed E-state index contributed by atoms with van der Waals surface area (Å²) < 4.78 is 45.1. The van der Waals surface area contributed by atoms with Gasteiger partial charge in [-0.15, -0.1) is 0 Å². The Kier molecular flexibility index (Phi) is 5.87. The van der Waals surface area contributed by atoms with E-state index in [0.717, 1.165) is 18.2 Å². The van der Waals surface area contributed by atoms with Crippen LogP contribution >= 0.6 is 0 Å². The van der Waals surface area contributed by atoms with Gasteiger partial charge in [0, 0.05) is 18.9 Å². The quantitative estimate of drug-likeness (QED) is 0.718. The Morgan fingerprint density at radius 1 is 1.16 bits per heavy atom. The zero-order valence-corrected chi connectivity index (χ0v) is 14.8. The van der Waals surface area contributed by atoms with Gasteiger partial charge >= 0.3 is 12.2 Å². The minimum Gasteiger partial charge on any atom is -0.464 e. The molecule has 7 heteroatoms. The first kappa shape index (κ1) is 19.0. The molecule has 1 atom stereocenters. The van der Waals surface area contributed by atoms with E-state index in [2.05, 4.69) is 23.8 Å². The average molecular weight is 353 g/mol. The first-order valence-corrected chi connectivity index (χ1v) is 8.18.